The lowest BCUT2D eigenvalue weighted by Gasteiger charge is -2.11. The van der Waals surface area contributed by atoms with Crippen molar-refractivity contribution < 1.29 is 23.8 Å². The summed E-state index contributed by atoms with van der Waals surface area (Å²) in [6.45, 7) is 0.979. The monoisotopic (exact) mass is 352 g/mol. The van der Waals surface area contributed by atoms with Crippen LogP contribution < -0.4 is 9.47 Å². The number of fused-ring (bicyclic) bond motifs is 1. The Hall–Kier alpha value is -3.48. The highest BCUT2D eigenvalue weighted by molar-refractivity contribution is 5.93. The van der Waals surface area contributed by atoms with Crippen molar-refractivity contribution in [2.24, 2.45) is 0 Å². The van der Waals surface area contributed by atoms with E-state index in [0.717, 1.165) is 0 Å². The third kappa shape index (κ3) is 3.32. The summed E-state index contributed by atoms with van der Waals surface area (Å²) in [7, 11) is 1.48. The fourth-order valence-electron chi connectivity index (χ4n) is 2.56. The molecule has 7 nitrogen and oxygen atoms in total. The summed E-state index contributed by atoms with van der Waals surface area (Å²) in [6, 6.07) is 13.2. The zero-order valence-electron chi connectivity index (χ0n) is 14.3. The molecule has 3 rings (SSSR count). The smallest absolute Gasteiger partial charge is 0.338 e. The van der Waals surface area contributed by atoms with Gasteiger partial charge in [0.2, 0.25) is 11.3 Å². The van der Waals surface area contributed by atoms with Crippen LogP contribution in [-0.2, 0) is 11.3 Å². The van der Waals surface area contributed by atoms with Crippen molar-refractivity contribution in [2.75, 3.05) is 7.11 Å². The van der Waals surface area contributed by atoms with Crippen molar-refractivity contribution >= 4 is 22.8 Å². The Kier molecular flexibility index (Phi) is 4.79. The quantitative estimate of drug-likeness (QED) is 0.303. The molecule has 0 bridgehead atoms. The standard InChI is InChI=1S/C19H16N2O5/c1-12(22)18-16(11-26-19(23)13-6-4-3-5-7-13)20-15-9-8-14(25-2)10-17(15)21(18)24/h3-10H,11H2,1-2H3. The summed E-state index contributed by atoms with van der Waals surface area (Å²) in [5, 5.41) is 12.6. The molecule has 0 spiro atoms. The highest BCUT2D eigenvalue weighted by atomic mass is 16.5. The first-order chi connectivity index (χ1) is 12.5. The molecule has 0 saturated heterocycles. The second-order valence-corrected chi connectivity index (χ2v) is 5.55. The lowest BCUT2D eigenvalue weighted by atomic mass is 10.2. The van der Waals surface area contributed by atoms with Crippen molar-refractivity contribution in [3.05, 3.63) is 70.7 Å². The predicted octanol–water partition coefficient (Wildman–Crippen LogP) is 2.44. The highest BCUT2D eigenvalue weighted by Crippen LogP contribution is 2.19. The van der Waals surface area contributed by atoms with E-state index in [1.165, 1.54) is 20.1 Å². The highest BCUT2D eigenvalue weighted by Gasteiger charge is 2.24. The number of nitrogens with zero attached hydrogens (tertiary/aromatic N) is 2. The number of aromatic nitrogens is 2. The van der Waals surface area contributed by atoms with Crippen molar-refractivity contribution in [1.29, 1.82) is 0 Å². The molecule has 0 fully saturated rings. The van der Waals surface area contributed by atoms with Gasteiger partial charge in [0.1, 0.15) is 17.9 Å². The number of carbonyl (C=O) groups is 2. The fourth-order valence-corrected chi connectivity index (χ4v) is 2.56. The van der Waals surface area contributed by atoms with Crippen LogP contribution in [0.4, 0.5) is 0 Å². The van der Waals surface area contributed by atoms with E-state index in [-0.39, 0.29) is 23.5 Å². The molecular formula is C19H16N2O5. The third-order valence-corrected chi connectivity index (χ3v) is 3.82. The summed E-state index contributed by atoms with van der Waals surface area (Å²) in [5.41, 5.74) is 0.891. The summed E-state index contributed by atoms with van der Waals surface area (Å²) < 4.78 is 10.8. The molecular weight excluding hydrogens is 336 g/mol. The van der Waals surface area contributed by atoms with Crippen LogP contribution in [0.5, 0.6) is 5.75 Å². The van der Waals surface area contributed by atoms with Crippen molar-refractivity contribution in [1.82, 2.24) is 4.98 Å². The van der Waals surface area contributed by atoms with Gasteiger partial charge >= 0.3 is 5.97 Å². The van der Waals surface area contributed by atoms with E-state index in [0.29, 0.717) is 21.6 Å². The molecule has 0 N–H and O–H groups in total. The third-order valence-electron chi connectivity index (χ3n) is 3.82. The molecule has 0 radical (unpaired) electrons. The zero-order valence-corrected chi connectivity index (χ0v) is 14.3. The predicted molar refractivity (Wildman–Crippen MR) is 92.8 cm³/mol. The molecule has 1 aromatic heterocycles. The van der Waals surface area contributed by atoms with Crippen LogP contribution in [0.25, 0.3) is 11.0 Å². The number of Topliss-reactive ketones (excluding diaryl/α,β-unsaturated/α-hetero) is 1. The number of ether oxygens (including phenoxy) is 2. The Bertz CT molecular complexity index is 986. The maximum absolute atomic E-state index is 12.6. The Morgan fingerprint density at radius 1 is 1.15 bits per heavy atom. The lowest BCUT2D eigenvalue weighted by Crippen LogP contribution is -2.37. The van der Waals surface area contributed by atoms with Crippen molar-refractivity contribution in [3.63, 3.8) is 0 Å². The van der Waals surface area contributed by atoms with Gasteiger partial charge in [0.25, 0.3) is 5.69 Å². The largest absolute Gasteiger partial charge is 0.618 e. The number of carbonyl (C=O) groups excluding carboxylic acids is 2. The number of benzene rings is 2. The van der Waals surface area contributed by atoms with Gasteiger partial charge in [0, 0.05) is 6.92 Å². The van der Waals surface area contributed by atoms with Crippen LogP contribution in [0.2, 0.25) is 0 Å². The average molecular weight is 352 g/mol. The molecule has 0 atom stereocenters. The van der Waals surface area contributed by atoms with E-state index >= 15 is 0 Å². The van der Waals surface area contributed by atoms with E-state index in [2.05, 4.69) is 4.98 Å². The van der Waals surface area contributed by atoms with Gasteiger partial charge in [-0.15, -0.1) is 0 Å². The minimum absolute atomic E-state index is 0.106. The lowest BCUT2D eigenvalue weighted by molar-refractivity contribution is -0.580. The molecule has 3 aromatic rings. The van der Waals surface area contributed by atoms with Gasteiger partial charge in [-0.2, -0.15) is 4.73 Å². The van der Waals surface area contributed by atoms with Gasteiger partial charge in [-0.1, -0.05) is 18.2 Å². The number of methoxy groups -OCH3 is 1. The van der Waals surface area contributed by atoms with Gasteiger partial charge in [-0.25, -0.2) is 9.78 Å². The minimum Gasteiger partial charge on any atom is -0.618 e. The summed E-state index contributed by atoms with van der Waals surface area (Å²) in [4.78, 5) is 28.4. The van der Waals surface area contributed by atoms with Gasteiger partial charge in [-0.3, -0.25) is 4.79 Å². The van der Waals surface area contributed by atoms with E-state index < -0.39 is 11.8 Å². The Morgan fingerprint density at radius 3 is 2.54 bits per heavy atom. The number of esters is 1. The summed E-state index contributed by atoms with van der Waals surface area (Å²) in [5.74, 6) is -0.557. The van der Waals surface area contributed by atoms with Crippen LogP contribution in [-0.4, -0.2) is 23.8 Å². The molecule has 0 unspecified atom stereocenters. The van der Waals surface area contributed by atoms with Crippen LogP contribution >= 0.6 is 0 Å². The van der Waals surface area contributed by atoms with Gasteiger partial charge in [0.05, 0.1) is 18.7 Å². The van der Waals surface area contributed by atoms with E-state index in [4.69, 9.17) is 9.47 Å². The molecule has 0 amide bonds. The first-order valence-electron chi connectivity index (χ1n) is 7.84. The second kappa shape index (κ2) is 7.18. The summed E-state index contributed by atoms with van der Waals surface area (Å²) >= 11 is 0. The molecule has 26 heavy (non-hydrogen) atoms. The van der Waals surface area contributed by atoms with Crippen LogP contribution in [0, 0.1) is 5.21 Å². The molecule has 0 aliphatic heterocycles. The Labute approximate surface area is 149 Å². The fraction of sp³-hybridized carbons (Fsp3) is 0.158. The van der Waals surface area contributed by atoms with Crippen molar-refractivity contribution in [3.8, 4) is 5.75 Å². The van der Waals surface area contributed by atoms with Crippen LogP contribution in [0.3, 0.4) is 0 Å². The number of rotatable bonds is 5. The molecule has 7 heteroatoms. The van der Waals surface area contributed by atoms with E-state index in [9.17, 15) is 14.8 Å². The van der Waals surface area contributed by atoms with Gasteiger partial charge in [-0.05, 0) is 24.3 Å². The average Bonchev–Trinajstić information content (AvgIpc) is 2.66. The first kappa shape index (κ1) is 17.3. The van der Waals surface area contributed by atoms with Gasteiger partial charge in [0.15, 0.2) is 5.69 Å². The Morgan fingerprint density at radius 2 is 1.88 bits per heavy atom. The van der Waals surface area contributed by atoms with Gasteiger partial charge < -0.3 is 14.7 Å². The van der Waals surface area contributed by atoms with E-state index in [1.807, 2.05) is 0 Å². The van der Waals surface area contributed by atoms with E-state index in [1.54, 1.807) is 42.5 Å². The molecule has 1 heterocycles. The maximum Gasteiger partial charge on any atom is 0.338 e. The topological polar surface area (TPSA) is 92.4 Å². The molecule has 0 aliphatic rings. The summed E-state index contributed by atoms with van der Waals surface area (Å²) in [6.07, 6.45) is 0. The van der Waals surface area contributed by atoms with Crippen LogP contribution in [0.15, 0.2) is 48.5 Å². The molecule has 0 saturated carbocycles. The Balaban J connectivity index is 1.98. The molecule has 132 valence electrons. The second-order valence-electron chi connectivity index (χ2n) is 5.55. The number of ketones is 1. The molecule has 2 aromatic carbocycles. The maximum atomic E-state index is 12.6. The SMILES string of the molecule is COc1ccc2nc(COC(=O)c3ccccc3)c(C(C)=O)[n+]([O-])c2c1. The van der Waals surface area contributed by atoms with Crippen LogP contribution in [0.1, 0.15) is 33.5 Å². The molecule has 0 aliphatic carbocycles. The zero-order chi connectivity index (χ0) is 18.7. The van der Waals surface area contributed by atoms with Crippen molar-refractivity contribution in [2.45, 2.75) is 13.5 Å². The minimum atomic E-state index is -0.561. The normalized spacial score (nSPS) is 10.5. The first-order valence-corrected chi connectivity index (χ1v) is 7.84. The number of hydrogen-bond donors (Lipinski definition) is 0. The number of hydrogen-bond acceptors (Lipinski definition) is 6.